The molecule has 188 valence electrons. The van der Waals surface area contributed by atoms with Gasteiger partial charge in [-0.1, -0.05) is 18.2 Å². The lowest BCUT2D eigenvalue weighted by atomic mass is 10.1. The van der Waals surface area contributed by atoms with Crippen molar-refractivity contribution in [2.45, 2.75) is 12.8 Å². The van der Waals surface area contributed by atoms with E-state index in [2.05, 4.69) is 10.6 Å². The Morgan fingerprint density at radius 1 is 0.973 bits per heavy atom. The fourth-order valence-electron chi connectivity index (χ4n) is 4.39. The molecule has 2 amide bonds. The molecule has 2 heterocycles. The number of hydrogen-bond donors (Lipinski definition) is 2. The second-order valence-corrected chi connectivity index (χ2v) is 8.63. The summed E-state index contributed by atoms with van der Waals surface area (Å²) in [7, 11) is 1.44. The van der Waals surface area contributed by atoms with Gasteiger partial charge in [0.25, 0.3) is 17.5 Å². The summed E-state index contributed by atoms with van der Waals surface area (Å²) in [6, 6.07) is 18.2. The molecule has 0 atom stereocenters. The van der Waals surface area contributed by atoms with Gasteiger partial charge in [-0.05, 0) is 49.2 Å². The maximum atomic E-state index is 12.9. The SMILES string of the molecule is COc1cc(NC(=O)c2ccc(N3CCCC3)c([N+](=O)[O-])c2)ccc1NC(=O)c1cc2ccccc2o1. The molecule has 1 aromatic heterocycles. The molecule has 4 aromatic rings. The monoisotopic (exact) mass is 500 g/mol. The van der Waals surface area contributed by atoms with E-state index in [0.29, 0.717) is 28.4 Å². The highest BCUT2D eigenvalue weighted by molar-refractivity contribution is 6.07. The number of hydrogen-bond acceptors (Lipinski definition) is 7. The van der Waals surface area contributed by atoms with Crippen molar-refractivity contribution < 1.29 is 23.7 Å². The molecule has 1 fully saturated rings. The van der Waals surface area contributed by atoms with E-state index in [1.165, 1.54) is 13.2 Å². The van der Waals surface area contributed by atoms with Gasteiger partial charge in [0, 0.05) is 41.9 Å². The van der Waals surface area contributed by atoms with Crippen LogP contribution in [0.1, 0.15) is 33.8 Å². The van der Waals surface area contributed by atoms with Crippen LogP contribution in [0.2, 0.25) is 0 Å². The maximum absolute atomic E-state index is 12.9. The summed E-state index contributed by atoms with van der Waals surface area (Å²) in [6.07, 6.45) is 1.96. The molecule has 37 heavy (non-hydrogen) atoms. The Morgan fingerprint density at radius 2 is 1.76 bits per heavy atom. The molecule has 10 heteroatoms. The Labute approximate surface area is 212 Å². The van der Waals surface area contributed by atoms with Gasteiger partial charge >= 0.3 is 0 Å². The minimum atomic E-state index is -0.503. The highest BCUT2D eigenvalue weighted by Gasteiger charge is 2.24. The van der Waals surface area contributed by atoms with E-state index in [0.717, 1.165) is 31.3 Å². The average molecular weight is 501 g/mol. The molecule has 0 radical (unpaired) electrons. The van der Waals surface area contributed by atoms with E-state index < -0.39 is 16.7 Å². The van der Waals surface area contributed by atoms with Crippen LogP contribution < -0.4 is 20.3 Å². The second kappa shape index (κ2) is 10.0. The van der Waals surface area contributed by atoms with E-state index in [1.54, 1.807) is 42.5 Å². The Kier molecular flexibility index (Phi) is 6.46. The van der Waals surface area contributed by atoms with Crippen LogP contribution in [-0.4, -0.2) is 36.9 Å². The zero-order valence-corrected chi connectivity index (χ0v) is 20.0. The fourth-order valence-corrected chi connectivity index (χ4v) is 4.39. The third-order valence-electron chi connectivity index (χ3n) is 6.24. The van der Waals surface area contributed by atoms with E-state index in [9.17, 15) is 19.7 Å². The lowest BCUT2D eigenvalue weighted by molar-refractivity contribution is -0.384. The molecule has 0 unspecified atom stereocenters. The molecule has 0 aliphatic carbocycles. The summed E-state index contributed by atoms with van der Waals surface area (Å²) >= 11 is 0. The van der Waals surface area contributed by atoms with Gasteiger partial charge < -0.3 is 24.7 Å². The van der Waals surface area contributed by atoms with Crippen molar-refractivity contribution in [2.75, 3.05) is 35.7 Å². The van der Waals surface area contributed by atoms with Crippen LogP contribution in [0.25, 0.3) is 11.0 Å². The Morgan fingerprint density at radius 3 is 2.49 bits per heavy atom. The molecule has 0 saturated carbocycles. The van der Waals surface area contributed by atoms with E-state index in [4.69, 9.17) is 9.15 Å². The standard InChI is InChI=1S/C27H24N4O6/c1-36-24-16-19(9-10-20(24)29-27(33)25-15-17-6-2-3-7-23(17)37-25)28-26(32)18-8-11-21(22(14-18)31(34)35)30-12-4-5-13-30/h2-3,6-11,14-16H,4-5,12-13H2,1H3,(H,28,32)(H,29,33). The number of furan rings is 1. The number of benzene rings is 3. The molecule has 3 aromatic carbocycles. The van der Waals surface area contributed by atoms with E-state index in [1.807, 2.05) is 23.1 Å². The van der Waals surface area contributed by atoms with Crippen LogP contribution in [0.4, 0.5) is 22.7 Å². The maximum Gasteiger partial charge on any atom is 0.293 e. The van der Waals surface area contributed by atoms with Crippen molar-refractivity contribution >= 4 is 45.5 Å². The first-order chi connectivity index (χ1) is 17.9. The number of fused-ring (bicyclic) bond motifs is 1. The Bertz CT molecular complexity index is 1470. The van der Waals surface area contributed by atoms with Gasteiger partial charge in [0.05, 0.1) is 17.7 Å². The lowest BCUT2D eigenvalue weighted by Gasteiger charge is -2.18. The van der Waals surface area contributed by atoms with Gasteiger partial charge in [0.15, 0.2) is 5.76 Å². The minimum absolute atomic E-state index is 0.101. The summed E-state index contributed by atoms with van der Waals surface area (Å²) in [5.41, 5.74) is 1.97. The van der Waals surface area contributed by atoms with Gasteiger partial charge in [-0.25, -0.2) is 0 Å². The normalized spacial score (nSPS) is 12.9. The zero-order chi connectivity index (χ0) is 25.9. The van der Waals surface area contributed by atoms with Crippen molar-refractivity contribution in [1.82, 2.24) is 0 Å². The molecule has 1 saturated heterocycles. The fraction of sp³-hybridized carbons (Fsp3) is 0.185. The number of rotatable bonds is 7. The van der Waals surface area contributed by atoms with Crippen LogP contribution in [0, 0.1) is 10.1 Å². The summed E-state index contributed by atoms with van der Waals surface area (Å²) in [5, 5.41) is 18.0. The molecule has 1 aliphatic rings. The van der Waals surface area contributed by atoms with Crippen LogP contribution in [0.5, 0.6) is 5.75 Å². The number of ether oxygens (including phenoxy) is 1. The Balaban J connectivity index is 1.32. The van der Waals surface area contributed by atoms with Crippen molar-refractivity contribution in [2.24, 2.45) is 0 Å². The number of nitro groups is 1. The first kappa shape index (κ1) is 23.9. The summed E-state index contributed by atoms with van der Waals surface area (Å²) in [5.74, 6) is -0.480. The number of nitrogens with zero attached hydrogens (tertiary/aromatic N) is 2. The predicted molar refractivity (Wildman–Crippen MR) is 140 cm³/mol. The smallest absolute Gasteiger partial charge is 0.293 e. The number of nitro benzene ring substituents is 1. The highest BCUT2D eigenvalue weighted by atomic mass is 16.6. The molecular weight excluding hydrogens is 476 g/mol. The Hall–Kier alpha value is -4.86. The van der Waals surface area contributed by atoms with Crippen molar-refractivity contribution in [1.29, 1.82) is 0 Å². The number of carbonyl (C=O) groups is 2. The zero-order valence-electron chi connectivity index (χ0n) is 20.0. The van der Waals surface area contributed by atoms with Gasteiger partial charge in [-0.15, -0.1) is 0 Å². The molecule has 2 N–H and O–H groups in total. The third-order valence-corrected chi connectivity index (χ3v) is 6.24. The van der Waals surface area contributed by atoms with Crippen LogP contribution in [0.3, 0.4) is 0 Å². The number of methoxy groups -OCH3 is 1. The van der Waals surface area contributed by atoms with E-state index >= 15 is 0 Å². The molecule has 10 nitrogen and oxygen atoms in total. The number of para-hydroxylation sites is 1. The summed E-state index contributed by atoms with van der Waals surface area (Å²) < 4.78 is 11.0. The molecule has 0 spiro atoms. The van der Waals surface area contributed by atoms with Crippen LogP contribution in [0.15, 0.2) is 71.1 Å². The topological polar surface area (TPSA) is 127 Å². The van der Waals surface area contributed by atoms with Gasteiger partial charge in [-0.2, -0.15) is 0 Å². The summed E-state index contributed by atoms with van der Waals surface area (Å²) in [4.78, 5) is 38.8. The third kappa shape index (κ3) is 4.94. The number of anilines is 3. The van der Waals surface area contributed by atoms with Crippen molar-refractivity contribution in [3.8, 4) is 5.75 Å². The average Bonchev–Trinajstić information content (AvgIpc) is 3.59. The summed E-state index contributed by atoms with van der Waals surface area (Å²) in [6.45, 7) is 1.51. The molecule has 0 bridgehead atoms. The first-order valence-electron chi connectivity index (χ1n) is 11.8. The number of carbonyl (C=O) groups excluding carboxylic acids is 2. The number of nitrogens with one attached hydrogen (secondary N) is 2. The van der Waals surface area contributed by atoms with Gasteiger partial charge in [0.1, 0.15) is 17.0 Å². The molecular formula is C27H24N4O6. The van der Waals surface area contributed by atoms with Gasteiger partial charge in [0.2, 0.25) is 0 Å². The molecule has 1 aliphatic heterocycles. The minimum Gasteiger partial charge on any atom is -0.494 e. The predicted octanol–water partition coefficient (Wildman–Crippen LogP) is 5.45. The van der Waals surface area contributed by atoms with Crippen molar-refractivity contribution in [3.05, 3.63) is 88.2 Å². The lowest BCUT2D eigenvalue weighted by Crippen LogP contribution is -2.20. The number of amides is 2. The van der Waals surface area contributed by atoms with E-state index in [-0.39, 0.29) is 17.0 Å². The van der Waals surface area contributed by atoms with Gasteiger partial charge in [-0.3, -0.25) is 19.7 Å². The first-order valence-corrected chi connectivity index (χ1v) is 11.8. The van der Waals surface area contributed by atoms with Crippen LogP contribution >= 0.6 is 0 Å². The van der Waals surface area contributed by atoms with Crippen molar-refractivity contribution in [3.63, 3.8) is 0 Å². The quantitative estimate of drug-likeness (QED) is 0.255. The largest absolute Gasteiger partial charge is 0.494 e. The van der Waals surface area contributed by atoms with Crippen LogP contribution in [-0.2, 0) is 0 Å². The molecule has 5 rings (SSSR count). The second-order valence-electron chi connectivity index (χ2n) is 8.63. The highest BCUT2D eigenvalue weighted by Crippen LogP contribution is 2.33.